The molecule has 0 aromatic carbocycles. The van der Waals surface area contributed by atoms with Gasteiger partial charge in [-0.3, -0.25) is 9.69 Å². The molecule has 1 heterocycles. The third kappa shape index (κ3) is 6.93. The van der Waals surface area contributed by atoms with Crippen LogP contribution in [-0.2, 0) is 4.79 Å². The van der Waals surface area contributed by atoms with E-state index in [1.807, 2.05) is 0 Å². The Balaban J connectivity index is 2.16. The number of aliphatic hydroxyl groups excluding tert-OH is 1. The van der Waals surface area contributed by atoms with Crippen LogP contribution in [0.1, 0.15) is 27.2 Å². The third-order valence-electron chi connectivity index (χ3n) is 2.96. The topological polar surface area (TPSA) is 64.6 Å². The van der Waals surface area contributed by atoms with Gasteiger partial charge in [0.2, 0.25) is 5.91 Å². The normalized spacial score (nSPS) is 19.6. The van der Waals surface area contributed by atoms with Crippen molar-refractivity contribution >= 4 is 5.91 Å². The first kappa shape index (κ1) is 15.4. The summed E-state index contributed by atoms with van der Waals surface area (Å²) in [4.78, 5) is 13.8. The highest BCUT2D eigenvalue weighted by molar-refractivity contribution is 5.78. The summed E-state index contributed by atoms with van der Waals surface area (Å²) in [5.74, 6) is 0.00450. The molecule has 1 aliphatic rings. The summed E-state index contributed by atoms with van der Waals surface area (Å²) in [6.45, 7) is 10.7. The van der Waals surface area contributed by atoms with E-state index in [2.05, 4.69) is 36.3 Å². The zero-order valence-electron chi connectivity index (χ0n) is 11.8. The van der Waals surface area contributed by atoms with E-state index in [1.54, 1.807) is 0 Å². The zero-order valence-corrected chi connectivity index (χ0v) is 11.8. The van der Waals surface area contributed by atoms with Crippen LogP contribution in [0.5, 0.6) is 0 Å². The minimum absolute atomic E-state index is 0.00450. The van der Waals surface area contributed by atoms with Crippen molar-refractivity contribution in [1.29, 1.82) is 0 Å². The number of carbonyl (C=O) groups excluding carboxylic acids is 1. The second-order valence-corrected chi connectivity index (χ2v) is 6.25. The monoisotopic (exact) mass is 257 g/mol. The molecule has 3 N–H and O–H groups in total. The predicted molar refractivity (Wildman–Crippen MR) is 72.4 cm³/mol. The predicted octanol–water partition coefficient (Wildman–Crippen LogP) is -0.195. The molecule has 1 saturated heterocycles. The number of rotatable bonds is 5. The van der Waals surface area contributed by atoms with Crippen LogP contribution in [0.4, 0.5) is 0 Å². The first-order valence-electron chi connectivity index (χ1n) is 6.75. The van der Waals surface area contributed by atoms with Gasteiger partial charge in [-0.2, -0.15) is 0 Å². The van der Waals surface area contributed by atoms with E-state index in [4.69, 9.17) is 0 Å². The highest BCUT2D eigenvalue weighted by atomic mass is 16.3. The lowest BCUT2D eigenvalue weighted by molar-refractivity contribution is -0.122. The summed E-state index contributed by atoms with van der Waals surface area (Å²) >= 11 is 0. The average molecular weight is 257 g/mol. The summed E-state index contributed by atoms with van der Waals surface area (Å²) in [5, 5.41) is 15.9. The van der Waals surface area contributed by atoms with Crippen LogP contribution in [0.15, 0.2) is 0 Å². The van der Waals surface area contributed by atoms with Crippen molar-refractivity contribution in [2.45, 2.75) is 33.3 Å². The molecule has 1 aliphatic heterocycles. The molecule has 0 spiro atoms. The summed E-state index contributed by atoms with van der Waals surface area (Å²) in [5.41, 5.74) is 0.0860. The fraction of sp³-hybridized carbons (Fsp3) is 0.923. The Hall–Kier alpha value is -0.650. The van der Waals surface area contributed by atoms with Crippen molar-refractivity contribution in [2.24, 2.45) is 5.41 Å². The van der Waals surface area contributed by atoms with Crippen LogP contribution in [0.3, 0.4) is 0 Å². The van der Waals surface area contributed by atoms with Crippen molar-refractivity contribution in [3.63, 3.8) is 0 Å². The van der Waals surface area contributed by atoms with E-state index < -0.39 is 6.10 Å². The maximum absolute atomic E-state index is 11.7. The van der Waals surface area contributed by atoms with Gasteiger partial charge in [0.1, 0.15) is 0 Å². The maximum atomic E-state index is 11.7. The van der Waals surface area contributed by atoms with Crippen molar-refractivity contribution in [1.82, 2.24) is 15.5 Å². The van der Waals surface area contributed by atoms with Crippen molar-refractivity contribution in [2.75, 3.05) is 39.3 Å². The fourth-order valence-electron chi connectivity index (χ4n) is 2.14. The molecule has 5 nitrogen and oxygen atoms in total. The second-order valence-electron chi connectivity index (χ2n) is 6.25. The van der Waals surface area contributed by atoms with E-state index in [0.29, 0.717) is 19.5 Å². The molecule has 0 bridgehead atoms. The van der Waals surface area contributed by atoms with Crippen LogP contribution in [0.25, 0.3) is 0 Å². The Kier molecular flexibility index (Phi) is 6.05. The van der Waals surface area contributed by atoms with E-state index >= 15 is 0 Å². The van der Waals surface area contributed by atoms with Gasteiger partial charge in [-0.25, -0.2) is 0 Å². The molecule has 0 saturated carbocycles. The number of nitrogens with zero attached hydrogens (tertiary/aromatic N) is 1. The third-order valence-corrected chi connectivity index (χ3v) is 2.96. The lowest BCUT2D eigenvalue weighted by Crippen LogP contribution is -2.48. The molecule has 0 aromatic rings. The Morgan fingerprint density at radius 3 is 2.56 bits per heavy atom. The van der Waals surface area contributed by atoms with Gasteiger partial charge in [0.05, 0.1) is 12.6 Å². The number of amides is 1. The highest BCUT2D eigenvalue weighted by Crippen LogP contribution is 2.20. The quantitative estimate of drug-likeness (QED) is 0.638. The first-order chi connectivity index (χ1) is 8.37. The fourth-order valence-corrected chi connectivity index (χ4v) is 2.14. The summed E-state index contributed by atoms with van der Waals surface area (Å²) in [6.07, 6.45) is 0.234. The van der Waals surface area contributed by atoms with Gasteiger partial charge >= 0.3 is 0 Å². The largest absolute Gasteiger partial charge is 0.391 e. The van der Waals surface area contributed by atoms with Gasteiger partial charge in [0, 0.05) is 32.7 Å². The van der Waals surface area contributed by atoms with Gasteiger partial charge in [-0.05, 0) is 11.8 Å². The molecule has 18 heavy (non-hydrogen) atoms. The molecule has 0 radical (unpaired) electrons. The number of hydrogen-bond acceptors (Lipinski definition) is 4. The number of hydrogen-bond donors (Lipinski definition) is 3. The number of piperazine rings is 1. The molecule has 5 heteroatoms. The lowest BCUT2D eigenvalue weighted by Gasteiger charge is -2.27. The van der Waals surface area contributed by atoms with Crippen LogP contribution in [-0.4, -0.2) is 61.3 Å². The Labute approximate surface area is 110 Å². The molecule has 1 amide bonds. The number of carbonyl (C=O) groups is 1. The van der Waals surface area contributed by atoms with Crippen LogP contribution >= 0.6 is 0 Å². The average Bonchev–Trinajstić information content (AvgIpc) is 2.25. The van der Waals surface area contributed by atoms with Crippen LogP contribution in [0.2, 0.25) is 0 Å². The van der Waals surface area contributed by atoms with E-state index in [9.17, 15) is 9.90 Å². The summed E-state index contributed by atoms with van der Waals surface area (Å²) in [7, 11) is 0. The maximum Gasteiger partial charge on any atom is 0.234 e. The number of aliphatic hydroxyl groups is 1. The smallest absolute Gasteiger partial charge is 0.234 e. The molecule has 0 aromatic heterocycles. The second kappa shape index (κ2) is 7.07. The molecule has 106 valence electrons. The first-order valence-corrected chi connectivity index (χ1v) is 6.75. The highest BCUT2D eigenvalue weighted by Gasteiger charge is 2.18. The van der Waals surface area contributed by atoms with Gasteiger partial charge in [0.25, 0.3) is 0 Å². The molecule has 0 aliphatic carbocycles. The Morgan fingerprint density at radius 2 is 2.00 bits per heavy atom. The lowest BCUT2D eigenvalue weighted by atomic mass is 9.89. The van der Waals surface area contributed by atoms with Gasteiger partial charge in [0.15, 0.2) is 0 Å². The molecule has 1 atom stereocenters. The van der Waals surface area contributed by atoms with Crippen LogP contribution < -0.4 is 10.6 Å². The minimum Gasteiger partial charge on any atom is -0.391 e. The Bertz CT molecular complexity index is 257. The molecule has 1 unspecified atom stereocenters. The van der Waals surface area contributed by atoms with E-state index in [1.165, 1.54) is 0 Å². The SMILES string of the molecule is CC(C)(C)CC(O)CNC(=O)CN1CCNCC1. The Morgan fingerprint density at radius 1 is 1.39 bits per heavy atom. The molecule has 1 fully saturated rings. The van der Waals surface area contributed by atoms with Crippen molar-refractivity contribution in [3.8, 4) is 0 Å². The summed E-state index contributed by atoms with van der Waals surface area (Å²) in [6, 6.07) is 0. The van der Waals surface area contributed by atoms with Crippen LogP contribution in [0, 0.1) is 5.41 Å². The molecule has 1 rings (SSSR count). The van der Waals surface area contributed by atoms with Gasteiger partial charge in [-0.1, -0.05) is 20.8 Å². The van der Waals surface area contributed by atoms with E-state index in [0.717, 1.165) is 26.2 Å². The van der Waals surface area contributed by atoms with Gasteiger partial charge in [-0.15, -0.1) is 0 Å². The zero-order chi connectivity index (χ0) is 13.6. The van der Waals surface area contributed by atoms with Gasteiger partial charge < -0.3 is 15.7 Å². The van der Waals surface area contributed by atoms with Crippen molar-refractivity contribution in [3.05, 3.63) is 0 Å². The molecular weight excluding hydrogens is 230 g/mol. The van der Waals surface area contributed by atoms with Crippen molar-refractivity contribution < 1.29 is 9.90 Å². The number of nitrogens with one attached hydrogen (secondary N) is 2. The standard InChI is InChI=1S/C13H27N3O2/c1-13(2,3)8-11(17)9-15-12(18)10-16-6-4-14-5-7-16/h11,14,17H,4-10H2,1-3H3,(H,15,18). The summed E-state index contributed by atoms with van der Waals surface area (Å²) < 4.78 is 0. The molecular formula is C13H27N3O2. The minimum atomic E-state index is -0.461. The van der Waals surface area contributed by atoms with E-state index in [-0.39, 0.29) is 11.3 Å².